The largest absolute Gasteiger partial charge is 0.405 e. The van der Waals surface area contributed by atoms with Crippen molar-refractivity contribution in [3.05, 3.63) is 28.2 Å². The molecule has 0 amide bonds. The number of anilines is 1. The highest BCUT2D eigenvalue weighted by molar-refractivity contribution is 5.47. The average Bonchev–Trinajstić information content (AvgIpc) is 2.01. The summed E-state index contributed by atoms with van der Waals surface area (Å²) < 4.78 is 35.5. The standard InChI is InChI=1S/C8H9F3N2O/c1-5-2-3-12-7(14)6(5)13-4-8(9,10)11/h2-3,13H,4H2,1H3,(H,12,14). The number of rotatable bonds is 2. The van der Waals surface area contributed by atoms with Gasteiger partial charge in [0.25, 0.3) is 5.56 Å². The molecule has 2 N–H and O–H groups in total. The zero-order valence-corrected chi connectivity index (χ0v) is 7.40. The first kappa shape index (κ1) is 10.6. The summed E-state index contributed by atoms with van der Waals surface area (Å²) in [5, 5.41) is 2.05. The minimum Gasteiger partial charge on any atom is -0.372 e. The molecule has 0 aliphatic carbocycles. The zero-order chi connectivity index (χ0) is 10.8. The van der Waals surface area contributed by atoms with Crippen LogP contribution in [0.3, 0.4) is 0 Å². The number of hydrogen-bond donors (Lipinski definition) is 2. The highest BCUT2D eigenvalue weighted by atomic mass is 19.4. The van der Waals surface area contributed by atoms with Crippen LogP contribution < -0.4 is 10.9 Å². The van der Waals surface area contributed by atoms with Gasteiger partial charge in [-0.05, 0) is 18.6 Å². The first-order valence-electron chi connectivity index (χ1n) is 3.89. The number of H-pyrrole nitrogens is 1. The maximum absolute atomic E-state index is 11.8. The van der Waals surface area contributed by atoms with Gasteiger partial charge >= 0.3 is 6.18 Å². The lowest BCUT2D eigenvalue weighted by molar-refractivity contribution is -0.115. The number of aryl methyl sites for hydroxylation is 1. The summed E-state index contributed by atoms with van der Waals surface area (Å²) in [7, 11) is 0. The van der Waals surface area contributed by atoms with E-state index >= 15 is 0 Å². The number of nitrogens with one attached hydrogen (secondary N) is 2. The lowest BCUT2D eigenvalue weighted by atomic mass is 10.2. The van der Waals surface area contributed by atoms with Crippen molar-refractivity contribution in [2.45, 2.75) is 13.1 Å². The van der Waals surface area contributed by atoms with Crippen LogP contribution >= 0.6 is 0 Å². The van der Waals surface area contributed by atoms with Crippen molar-refractivity contribution in [1.82, 2.24) is 4.98 Å². The molecule has 1 aromatic heterocycles. The number of pyridine rings is 1. The Morgan fingerprint density at radius 3 is 2.64 bits per heavy atom. The van der Waals surface area contributed by atoms with Gasteiger partial charge in [0, 0.05) is 6.20 Å². The topological polar surface area (TPSA) is 44.9 Å². The highest BCUT2D eigenvalue weighted by Gasteiger charge is 2.27. The molecule has 0 aromatic carbocycles. The van der Waals surface area contributed by atoms with Gasteiger partial charge in [-0.1, -0.05) is 0 Å². The van der Waals surface area contributed by atoms with E-state index in [0.717, 1.165) is 0 Å². The lowest BCUT2D eigenvalue weighted by Crippen LogP contribution is -2.25. The van der Waals surface area contributed by atoms with Gasteiger partial charge in [0.15, 0.2) is 0 Å². The van der Waals surface area contributed by atoms with Crippen LogP contribution in [0, 0.1) is 6.92 Å². The number of alkyl halides is 3. The predicted octanol–water partition coefficient (Wildman–Crippen LogP) is 1.66. The van der Waals surface area contributed by atoms with E-state index < -0.39 is 18.3 Å². The van der Waals surface area contributed by atoms with Gasteiger partial charge in [-0.15, -0.1) is 0 Å². The third-order valence-corrected chi connectivity index (χ3v) is 1.63. The summed E-state index contributed by atoms with van der Waals surface area (Å²) >= 11 is 0. The molecule has 0 bridgehead atoms. The summed E-state index contributed by atoms with van der Waals surface area (Å²) in [5.41, 5.74) is -0.0999. The average molecular weight is 206 g/mol. The van der Waals surface area contributed by atoms with E-state index in [0.29, 0.717) is 5.56 Å². The van der Waals surface area contributed by atoms with Crippen molar-refractivity contribution in [2.75, 3.05) is 11.9 Å². The maximum Gasteiger partial charge on any atom is 0.405 e. The summed E-state index contributed by atoms with van der Waals surface area (Å²) in [6, 6.07) is 1.53. The summed E-state index contributed by atoms with van der Waals surface area (Å²) in [5.74, 6) is 0. The lowest BCUT2D eigenvalue weighted by Gasteiger charge is -2.10. The normalized spacial score (nSPS) is 11.4. The van der Waals surface area contributed by atoms with Crippen molar-refractivity contribution in [2.24, 2.45) is 0 Å². The van der Waals surface area contributed by atoms with E-state index in [1.807, 2.05) is 0 Å². The third kappa shape index (κ3) is 2.79. The monoisotopic (exact) mass is 206 g/mol. The van der Waals surface area contributed by atoms with Gasteiger partial charge in [-0.25, -0.2) is 0 Å². The molecule has 0 saturated carbocycles. The smallest absolute Gasteiger partial charge is 0.372 e. The molecule has 0 fully saturated rings. The van der Waals surface area contributed by atoms with E-state index in [-0.39, 0.29) is 5.69 Å². The Hall–Kier alpha value is -1.46. The number of hydrogen-bond acceptors (Lipinski definition) is 2. The Morgan fingerprint density at radius 2 is 2.14 bits per heavy atom. The second kappa shape index (κ2) is 3.73. The maximum atomic E-state index is 11.8. The van der Waals surface area contributed by atoms with E-state index in [1.165, 1.54) is 12.3 Å². The molecule has 78 valence electrons. The molecule has 0 aliphatic heterocycles. The Balaban J connectivity index is 2.82. The molecule has 3 nitrogen and oxygen atoms in total. The predicted molar refractivity (Wildman–Crippen MR) is 46.3 cm³/mol. The molecular weight excluding hydrogens is 197 g/mol. The van der Waals surface area contributed by atoms with Crippen LogP contribution in [0.1, 0.15) is 5.56 Å². The summed E-state index contributed by atoms with van der Waals surface area (Å²) in [6.07, 6.45) is -2.94. The van der Waals surface area contributed by atoms with Crippen LogP contribution in [0.2, 0.25) is 0 Å². The van der Waals surface area contributed by atoms with E-state index in [9.17, 15) is 18.0 Å². The second-order valence-electron chi connectivity index (χ2n) is 2.83. The Labute approximate surface area is 78.0 Å². The van der Waals surface area contributed by atoms with Crippen molar-refractivity contribution in [3.63, 3.8) is 0 Å². The fourth-order valence-corrected chi connectivity index (χ4v) is 0.985. The first-order chi connectivity index (χ1) is 6.40. The van der Waals surface area contributed by atoms with E-state index in [2.05, 4.69) is 10.3 Å². The molecule has 0 radical (unpaired) electrons. The second-order valence-corrected chi connectivity index (χ2v) is 2.83. The van der Waals surface area contributed by atoms with Gasteiger partial charge in [0.1, 0.15) is 12.2 Å². The van der Waals surface area contributed by atoms with Gasteiger partial charge in [-0.2, -0.15) is 13.2 Å². The fraction of sp³-hybridized carbons (Fsp3) is 0.375. The van der Waals surface area contributed by atoms with E-state index in [4.69, 9.17) is 0 Å². The minimum atomic E-state index is -4.32. The van der Waals surface area contributed by atoms with Crippen molar-refractivity contribution in [3.8, 4) is 0 Å². The Kier molecular flexibility index (Phi) is 2.83. The van der Waals surface area contributed by atoms with Gasteiger partial charge in [0.05, 0.1) is 0 Å². The van der Waals surface area contributed by atoms with Crippen LogP contribution in [0.15, 0.2) is 17.1 Å². The Morgan fingerprint density at radius 1 is 1.50 bits per heavy atom. The quantitative estimate of drug-likeness (QED) is 0.772. The molecule has 1 aromatic rings. The molecule has 0 saturated heterocycles. The molecular formula is C8H9F3N2O. The van der Waals surface area contributed by atoms with Crippen molar-refractivity contribution in [1.29, 1.82) is 0 Å². The summed E-state index contributed by atoms with van der Waals surface area (Å²) in [6.45, 7) is 0.356. The number of aromatic nitrogens is 1. The van der Waals surface area contributed by atoms with Gasteiger partial charge < -0.3 is 10.3 Å². The molecule has 0 aliphatic rings. The van der Waals surface area contributed by atoms with Crippen LogP contribution in [-0.2, 0) is 0 Å². The molecule has 6 heteroatoms. The summed E-state index contributed by atoms with van der Waals surface area (Å²) in [4.78, 5) is 13.4. The van der Waals surface area contributed by atoms with Crippen LogP contribution in [0.25, 0.3) is 0 Å². The van der Waals surface area contributed by atoms with Crippen LogP contribution in [-0.4, -0.2) is 17.7 Å². The number of aromatic amines is 1. The molecule has 0 atom stereocenters. The molecule has 0 unspecified atom stereocenters. The van der Waals surface area contributed by atoms with E-state index in [1.54, 1.807) is 6.92 Å². The van der Waals surface area contributed by atoms with Crippen LogP contribution in [0.5, 0.6) is 0 Å². The van der Waals surface area contributed by atoms with Gasteiger partial charge in [-0.3, -0.25) is 4.79 Å². The fourth-order valence-electron chi connectivity index (χ4n) is 0.985. The SMILES string of the molecule is Cc1cc[nH]c(=O)c1NCC(F)(F)F. The highest BCUT2D eigenvalue weighted by Crippen LogP contribution is 2.15. The molecule has 14 heavy (non-hydrogen) atoms. The van der Waals surface area contributed by atoms with Gasteiger partial charge in [0.2, 0.25) is 0 Å². The third-order valence-electron chi connectivity index (χ3n) is 1.63. The molecule has 1 heterocycles. The van der Waals surface area contributed by atoms with Crippen molar-refractivity contribution < 1.29 is 13.2 Å². The molecule has 0 spiro atoms. The first-order valence-corrected chi connectivity index (χ1v) is 3.89. The van der Waals surface area contributed by atoms with Crippen molar-refractivity contribution >= 4 is 5.69 Å². The Bertz CT molecular complexity index is 370. The zero-order valence-electron chi connectivity index (χ0n) is 7.40. The minimum absolute atomic E-state index is 0.0372. The number of halogens is 3. The molecule has 1 rings (SSSR count). The van der Waals surface area contributed by atoms with Crippen LogP contribution in [0.4, 0.5) is 18.9 Å².